The maximum atomic E-state index is 14.9. The summed E-state index contributed by atoms with van der Waals surface area (Å²) in [4.78, 5) is 10.9. The Labute approximate surface area is 245 Å². The lowest BCUT2D eigenvalue weighted by atomic mass is 9.94. The van der Waals surface area contributed by atoms with Gasteiger partial charge in [-0.15, -0.1) is 0 Å². The van der Waals surface area contributed by atoms with Crippen LogP contribution in [0.4, 0.5) is 21.6 Å². The number of methoxy groups -OCH3 is 1. The second-order valence-corrected chi connectivity index (χ2v) is 11.9. The van der Waals surface area contributed by atoms with Gasteiger partial charge in [0.05, 0.1) is 19.4 Å². The smallest absolute Gasteiger partial charge is 0.265 e. The molecule has 1 aromatic heterocycles. The molecule has 2 N–H and O–H groups in total. The molecule has 1 aliphatic heterocycles. The van der Waals surface area contributed by atoms with E-state index in [0.29, 0.717) is 41.0 Å². The number of ether oxygens (including phenoxy) is 2. The molecule has 9 nitrogen and oxygen atoms in total. The average molecular weight is 592 g/mol. The molecule has 4 aromatic rings. The van der Waals surface area contributed by atoms with E-state index in [0.717, 1.165) is 32.4 Å². The van der Waals surface area contributed by atoms with Crippen LogP contribution in [0.15, 0.2) is 84.0 Å². The van der Waals surface area contributed by atoms with Gasteiger partial charge in [-0.05, 0) is 99.9 Å². The largest absolute Gasteiger partial charge is 0.495 e. The number of sulfonamides is 1. The standard InChI is InChI=1S/C31H34FN5O4S/c1-37-16-13-22(14-17-37)15-18-41-28-12-7-23(19-26(28)32)27-20-31(34-21-33-27)35-24-8-10-25(11-9-24)36-42(38,39)30-6-4-3-5-29(30)40-2/h3-12,19-22,36H,13-18H2,1-2H3,(H,33,34,35). The highest BCUT2D eigenvalue weighted by Gasteiger charge is 2.19. The van der Waals surface area contributed by atoms with Crippen LogP contribution in [-0.4, -0.2) is 57.1 Å². The molecule has 0 saturated carbocycles. The van der Waals surface area contributed by atoms with Gasteiger partial charge in [0, 0.05) is 23.0 Å². The van der Waals surface area contributed by atoms with Gasteiger partial charge in [0.1, 0.15) is 22.8 Å². The topological polar surface area (TPSA) is 106 Å². The van der Waals surface area contributed by atoms with Crippen molar-refractivity contribution in [2.24, 2.45) is 5.92 Å². The Morgan fingerprint density at radius 1 is 0.952 bits per heavy atom. The van der Waals surface area contributed by atoms with Crippen LogP contribution in [0.25, 0.3) is 11.3 Å². The number of rotatable bonds is 11. The number of nitrogens with zero attached hydrogens (tertiary/aromatic N) is 3. The molecule has 1 aliphatic rings. The molecule has 0 radical (unpaired) electrons. The Bertz CT molecular complexity index is 1610. The maximum Gasteiger partial charge on any atom is 0.265 e. The van der Waals surface area contributed by atoms with E-state index in [-0.39, 0.29) is 16.4 Å². The fourth-order valence-corrected chi connectivity index (χ4v) is 6.10. The van der Waals surface area contributed by atoms with Gasteiger partial charge in [0.25, 0.3) is 10.0 Å². The van der Waals surface area contributed by atoms with E-state index in [1.807, 2.05) is 0 Å². The van der Waals surface area contributed by atoms with Crippen molar-refractivity contribution in [1.82, 2.24) is 14.9 Å². The van der Waals surface area contributed by atoms with E-state index in [2.05, 4.69) is 32.0 Å². The SMILES string of the molecule is COc1ccccc1S(=O)(=O)Nc1ccc(Nc2cc(-c3ccc(OCCC4CCN(C)CC4)c(F)c3)ncn2)cc1. The Morgan fingerprint density at radius 3 is 2.43 bits per heavy atom. The number of hydrogen-bond acceptors (Lipinski definition) is 8. The molecule has 1 saturated heterocycles. The molecule has 0 amide bonds. The lowest BCUT2D eigenvalue weighted by Crippen LogP contribution is -2.30. The van der Waals surface area contributed by atoms with Gasteiger partial charge < -0.3 is 19.7 Å². The molecule has 0 bridgehead atoms. The van der Waals surface area contributed by atoms with Gasteiger partial charge in [-0.25, -0.2) is 22.8 Å². The predicted molar refractivity (Wildman–Crippen MR) is 161 cm³/mol. The minimum absolute atomic E-state index is 0.0481. The summed E-state index contributed by atoms with van der Waals surface area (Å²) in [7, 11) is -0.281. The first-order chi connectivity index (χ1) is 20.3. The summed E-state index contributed by atoms with van der Waals surface area (Å²) >= 11 is 0. The molecule has 0 aliphatic carbocycles. The third-order valence-electron chi connectivity index (χ3n) is 7.28. The monoisotopic (exact) mass is 591 g/mol. The predicted octanol–water partition coefficient (Wildman–Crippen LogP) is 5.95. The van der Waals surface area contributed by atoms with Crippen LogP contribution >= 0.6 is 0 Å². The Hall–Kier alpha value is -4.22. The quantitative estimate of drug-likeness (QED) is 0.221. The summed E-state index contributed by atoms with van der Waals surface area (Å²) in [6, 6.07) is 19.7. The van der Waals surface area contributed by atoms with Crippen LogP contribution in [0, 0.1) is 11.7 Å². The fourth-order valence-electron chi connectivity index (χ4n) is 4.87. The van der Waals surface area contributed by atoms with Crippen molar-refractivity contribution < 1.29 is 22.3 Å². The third kappa shape index (κ3) is 7.34. The molecule has 220 valence electrons. The first-order valence-corrected chi connectivity index (χ1v) is 15.3. The van der Waals surface area contributed by atoms with E-state index < -0.39 is 15.8 Å². The number of aromatic nitrogens is 2. The molecule has 11 heteroatoms. The maximum absolute atomic E-state index is 14.9. The van der Waals surface area contributed by atoms with E-state index >= 15 is 0 Å². The Balaban J connectivity index is 1.19. The minimum atomic E-state index is -3.84. The van der Waals surface area contributed by atoms with Crippen molar-refractivity contribution in [2.45, 2.75) is 24.2 Å². The van der Waals surface area contributed by atoms with Crippen LogP contribution in [0.1, 0.15) is 19.3 Å². The van der Waals surface area contributed by atoms with E-state index in [9.17, 15) is 12.8 Å². The number of likely N-dealkylation sites (tertiary alicyclic amines) is 1. The van der Waals surface area contributed by atoms with Crippen LogP contribution in [0.3, 0.4) is 0 Å². The second kappa shape index (κ2) is 13.2. The van der Waals surface area contributed by atoms with Crippen molar-refractivity contribution in [1.29, 1.82) is 0 Å². The summed E-state index contributed by atoms with van der Waals surface area (Å²) < 4.78 is 54.0. The molecule has 3 aromatic carbocycles. The summed E-state index contributed by atoms with van der Waals surface area (Å²) in [5, 5.41) is 3.17. The van der Waals surface area contributed by atoms with Crippen molar-refractivity contribution in [3.63, 3.8) is 0 Å². The van der Waals surface area contributed by atoms with E-state index in [4.69, 9.17) is 9.47 Å². The lowest BCUT2D eigenvalue weighted by Gasteiger charge is -2.28. The number of nitrogens with one attached hydrogen (secondary N) is 2. The van der Waals surface area contributed by atoms with Crippen molar-refractivity contribution >= 4 is 27.2 Å². The van der Waals surface area contributed by atoms with Crippen LogP contribution in [0.2, 0.25) is 0 Å². The first-order valence-electron chi connectivity index (χ1n) is 13.8. The molecule has 0 atom stereocenters. The number of hydrogen-bond donors (Lipinski definition) is 2. The lowest BCUT2D eigenvalue weighted by molar-refractivity contribution is 0.185. The first kappa shape index (κ1) is 29.3. The van der Waals surface area contributed by atoms with Gasteiger partial charge in [-0.2, -0.15) is 0 Å². The molecular formula is C31H34FN5O4S. The number of benzene rings is 3. The number of anilines is 3. The van der Waals surface area contributed by atoms with E-state index in [1.165, 1.54) is 25.6 Å². The average Bonchev–Trinajstić information content (AvgIpc) is 3.00. The third-order valence-corrected chi connectivity index (χ3v) is 8.71. The van der Waals surface area contributed by atoms with Gasteiger partial charge in [-0.1, -0.05) is 12.1 Å². The van der Waals surface area contributed by atoms with Crippen LogP contribution in [0.5, 0.6) is 11.5 Å². The van der Waals surface area contributed by atoms with E-state index in [1.54, 1.807) is 60.7 Å². The van der Waals surface area contributed by atoms with Gasteiger partial charge in [0.15, 0.2) is 11.6 Å². The second-order valence-electron chi connectivity index (χ2n) is 10.3. The zero-order valence-corrected chi connectivity index (χ0v) is 24.4. The zero-order valence-electron chi connectivity index (χ0n) is 23.6. The Kier molecular flexibility index (Phi) is 9.19. The zero-order chi connectivity index (χ0) is 29.5. The molecule has 1 fully saturated rings. The molecule has 2 heterocycles. The van der Waals surface area contributed by atoms with Gasteiger partial charge in [-0.3, -0.25) is 4.72 Å². The van der Waals surface area contributed by atoms with Crippen molar-refractivity contribution in [2.75, 3.05) is 43.9 Å². The van der Waals surface area contributed by atoms with Crippen LogP contribution < -0.4 is 19.5 Å². The van der Waals surface area contributed by atoms with Crippen molar-refractivity contribution in [3.05, 3.63) is 84.9 Å². The molecule has 0 spiro atoms. The van der Waals surface area contributed by atoms with Gasteiger partial charge >= 0.3 is 0 Å². The van der Waals surface area contributed by atoms with Crippen LogP contribution in [-0.2, 0) is 10.0 Å². The summed E-state index contributed by atoms with van der Waals surface area (Å²) in [5.41, 5.74) is 2.21. The number of piperidine rings is 1. The summed E-state index contributed by atoms with van der Waals surface area (Å²) in [6.45, 7) is 2.69. The Morgan fingerprint density at radius 2 is 1.69 bits per heavy atom. The van der Waals surface area contributed by atoms with Gasteiger partial charge in [0.2, 0.25) is 0 Å². The molecular weight excluding hydrogens is 557 g/mol. The normalized spacial score (nSPS) is 14.4. The number of halogens is 1. The summed E-state index contributed by atoms with van der Waals surface area (Å²) in [5.74, 6) is 1.18. The highest BCUT2D eigenvalue weighted by Crippen LogP contribution is 2.29. The minimum Gasteiger partial charge on any atom is -0.495 e. The molecule has 5 rings (SSSR count). The molecule has 42 heavy (non-hydrogen) atoms. The summed E-state index contributed by atoms with van der Waals surface area (Å²) in [6.07, 6.45) is 4.62. The highest BCUT2D eigenvalue weighted by molar-refractivity contribution is 7.92. The fraction of sp³-hybridized carbons (Fsp3) is 0.290. The number of para-hydroxylation sites is 1. The molecule has 0 unspecified atom stereocenters. The van der Waals surface area contributed by atoms with Crippen molar-refractivity contribution in [3.8, 4) is 22.8 Å². The highest BCUT2D eigenvalue weighted by atomic mass is 32.2.